The standard InChI is InChI=1S/C12H11F3O2/c13-12(14,15)9-3-1-2-7(5-9)4-8-6-10(8)11(16)17/h1-3,5,8,10H,4,6H2,(H,16,17). The van der Waals surface area contributed by atoms with Crippen molar-refractivity contribution in [3.63, 3.8) is 0 Å². The summed E-state index contributed by atoms with van der Waals surface area (Å²) < 4.78 is 37.3. The number of carbonyl (C=O) groups is 1. The predicted octanol–water partition coefficient (Wildman–Crippen LogP) is 2.97. The van der Waals surface area contributed by atoms with E-state index in [1.165, 1.54) is 6.07 Å². The second kappa shape index (κ2) is 4.05. The first-order chi connectivity index (χ1) is 7.88. The van der Waals surface area contributed by atoms with Crippen molar-refractivity contribution in [1.82, 2.24) is 0 Å². The SMILES string of the molecule is O=C(O)C1CC1Cc1cccc(C(F)(F)F)c1. The molecule has 2 nitrogen and oxygen atoms in total. The van der Waals surface area contributed by atoms with Crippen molar-refractivity contribution in [2.24, 2.45) is 11.8 Å². The zero-order valence-corrected chi connectivity index (χ0v) is 8.87. The molecular weight excluding hydrogens is 233 g/mol. The van der Waals surface area contributed by atoms with Gasteiger partial charge in [-0.25, -0.2) is 0 Å². The Hall–Kier alpha value is -1.52. The Morgan fingerprint density at radius 1 is 1.41 bits per heavy atom. The largest absolute Gasteiger partial charge is 0.481 e. The number of rotatable bonds is 3. The molecule has 1 aromatic carbocycles. The van der Waals surface area contributed by atoms with E-state index in [0.717, 1.165) is 12.1 Å². The van der Waals surface area contributed by atoms with E-state index >= 15 is 0 Å². The summed E-state index contributed by atoms with van der Waals surface area (Å²) in [4.78, 5) is 10.6. The van der Waals surface area contributed by atoms with Crippen molar-refractivity contribution in [3.8, 4) is 0 Å². The Morgan fingerprint density at radius 3 is 2.65 bits per heavy atom. The Morgan fingerprint density at radius 2 is 2.12 bits per heavy atom. The van der Waals surface area contributed by atoms with Crippen molar-refractivity contribution in [2.75, 3.05) is 0 Å². The molecule has 92 valence electrons. The van der Waals surface area contributed by atoms with Gasteiger partial charge in [-0.3, -0.25) is 4.79 Å². The fourth-order valence-electron chi connectivity index (χ4n) is 1.95. The van der Waals surface area contributed by atoms with Gasteiger partial charge in [-0.05, 0) is 30.4 Å². The van der Waals surface area contributed by atoms with Gasteiger partial charge in [0.2, 0.25) is 0 Å². The summed E-state index contributed by atoms with van der Waals surface area (Å²) in [5, 5.41) is 8.71. The number of hydrogen-bond acceptors (Lipinski definition) is 1. The molecule has 0 spiro atoms. The van der Waals surface area contributed by atoms with Crippen molar-refractivity contribution in [2.45, 2.75) is 19.0 Å². The third-order valence-electron chi connectivity index (χ3n) is 2.99. The monoisotopic (exact) mass is 244 g/mol. The minimum absolute atomic E-state index is 0.0176. The van der Waals surface area contributed by atoms with Crippen LogP contribution in [-0.4, -0.2) is 11.1 Å². The third kappa shape index (κ3) is 2.78. The predicted molar refractivity (Wildman–Crippen MR) is 54.4 cm³/mol. The first-order valence-corrected chi connectivity index (χ1v) is 5.27. The molecule has 2 rings (SSSR count). The number of benzene rings is 1. The fraction of sp³-hybridized carbons (Fsp3) is 0.417. The molecule has 0 amide bonds. The summed E-state index contributed by atoms with van der Waals surface area (Å²) in [5.74, 6) is -1.26. The van der Waals surface area contributed by atoms with Crippen LogP contribution in [0.5, 0.6) is 0 Å². The van der Waals surface area contributed by atoms with Gasteiger partial charge in [-0.1, -0.05) is 18.2 Å². The molecule has 0 heterocycles. The zero-order valence-electron chi connectivity index (χ0n) is 8.87. The average Bonchev–Trinajstić information content (AvgIpc) is 2.96. The molecule has 0 aliphatic heterocycles. The zero-order chi connectivity index (χ0) is 12.6. The fourth-order valence-corrected chi connectivity index (χ4v) is 1.95. The van der Waals surface area contributed by atoms with Crippen LogP contribution in [0.2, 0.25) is 0 Å². The number of hydrogen-bond donors (Lipinski definition) is 1. The van der Waals surface area contributed by atoms with Crippen LogP contribution in [0.1, 0.15) is 17.5 Å². The summed E-state index contributed by atoms with van der Waals surface area (Å²) >= 11 is 0. The van der Waals surface area contributed by atoms with E-state index in [1.54, 1.807) is 6.07 Å². The van der Waals surface area contributed by atoms with Crippen LogP contribution in [0.25, 0.3) is 0 Å². The van der Waals surface area contributed by atoms with Gasteiger partial charge in [-0.15, -0.1) is 0 Å². The molecule has 0 aromatic heterocycles. The van der Waals surface area contributed by atoms with Crippen LogP contribution in [0.3, 0.4) is 0 Å². The smallest absolute Gasteiger partial charge is 0.416 e. The molecule has 2 unspecified atom stereocenters. The average molecular weight is 244 g/mol. The van der Waals surface area contributed by atoms with Gasteiger partial charge in [0.1, 0.15) is 0 Å². The Bertz CT molecular complexity index is 440. The highest BCUT2D eigenvalue weighted by Gasteiger charge is 2.43. The van der Waals surface area contributed by atoms with E-state index < -0.39 is 17.7 Å². The minimum atomic E-state index is -4.34. The van der Waals surface area contributed by atoms with E-state index in [1.807, 2.05) is 0 Å². The van der Waals surface area contributed by atoms with Crippen molar-refractivity contribution in [1.29, 1.82) is 0 Å². The number of aliphatic carboxylic acids is 1. The molecular formula is C12H11F3O2. The topological polar surface area (TPSA) is 37.3 Å². The van der Waals surface area contributed by atoms with Crippen LogP contribution < -0.4 is 0 Å². The molecule has 1 aromatic rings. The highest BCUT2D eigenvalue weighted by molar-refractivity contribution is 5.73. The lowest BCUT2D eigenvalue weighted by Gasteiger charge is -2.08. The molecule has 2 atom stereocenters. The molecule has 0 saturated heterocycles. The quantitative estimate of drug-likeness (QED) is 0.887. The number of carboxylic acids is 1. The van der Waals surface area contributed by atoms with Crippen LogP contribution in [0.4, 0.5) is 13.2 Å². The molecule has 1 aliphatic rings. The van der Waals surface area contributed by atoms with Gasteiger partial charge >= 0.3 is 12.1 Å². The van der Waals surface area contributed by atoms with Crippen molar-refractivity contribution >= 4 is 5.97 Å². The highest BCUT2D eigenvalue weighted by atomic mass is 19.4. The van der Waals surface area contributed by atoms with Crippen LogP contribution in [-0.2, 0) is 17.4 Å². The van der Waals surface area contributed by atoms with Crippen LogP contribution in [0, 0.1) is 11.8 Å². The molecule has 1 aliphatic carbocycles. The second-order valence-electron chi connectivity index (χ2n) is 4.34. The summed E-state index contributed by atoms with van der Waals surface area (Å²) in [7, 11) is 0. The molecule has 0 radical (unpaired) electrons. The lowest BCUT2D eigenvalue weighted by molar-refractivity contribution is -0.139. The van der Waals surface area contributed by atoms with Gasteiger partial charge in [0.25, 0.3) is 0 Å². The van der Waals surface area contributed by atoms with Crippen LogP contribution >= 0.6 is 0 Å². The highest BCUT2D eigenvalue weighted by Crippen LogP contribution is 2.41. The maximum atomic E-state index is 12.4. The first kappa shape index (κ1) is 12.0. The Balaban J connectivity index is 2.06. The maximum Gasteiger partial charge on any atom is 0.416 e. The van der Waals surface area contributed by atoms with E-state index in [4.69, 9.17) is 5.11 Å². The molecule has 17 heavy (non-hydrogen) atoms. The second-order valence-corrected chi connectivity index (χ2v) is 4.34. The van der Waals surface area contributed by atoms with Gasteiger partial charge in [-0.2, -0.15) is 13.2 Å². The van der Waals surface area contributed by atoms with E-state index in [2.05, 4.69) is 0 Å². The normalized spacial score (nSPS) is 23.5. The Labute approximate surface area is 96.1 Å². The summed E-state index contributed by atoms with van der Waals surface area (Å²) in [6, 6.07) is 5.07. The first-order valence-electron chi connectivity index (χ1n) is 5.27. The number of carboxylic acid groups (broad SMARTS) is 1. The van der Waals surface area contributed by atoms with Gasteiger partial charge in [0.15, 0.2) is 0 Å². The van der Waals surface area contributed by atoms with Crippen LogP contribution in [0.15, 0.2) is 24.3 Å². The lowest BCUT2D eigenvalue weighted by atomic mass is 10.0. The van der Waals surface area contributed by atoms with Gasteiger partial charge in [0, 0.05) is 0 Å². The molecule has 5 heteroatoms. The maximum absolute atomic E-state index is 12.4. The molecule has 1 N–H and O–H groups in total. The summed E-state index contributed by atoms with van der Waals surface area (Å²) in [6.07, 6.45) is -3.38. The van der Waals surface area contributed by atoms with Gasteiger partial charge in [0.05, 0.1) is 11.5 Å². The van der Waals surface area contributed by atoms with Crippen molar-refractivity contribution in [3.05, 3.63) is 35.4 Å². The molecule has 1 saturated carbocycles. The van der Waals surface area contributed by atoms with E-state index in [0.29, 0.717) is 18.4 Å². The number of alkyl halides is 3. The minimum Gasteiger partial charge on any atom is -0.481 e. The lowest BCUT2D eigenvalue weighted by Crippen LogP contribution is -2.06. The molecule has 1 fully saturated rings. The molecule has 0 bridgehead atoms. The number of halogens is 3. The van der Waals surface area contributed by atoms with E-state index in [-0.39, 0.29) is 11.8 Å². The van der Waals surface area contributed by atoms with Gasteiger partial charge < -0.3 is 5.11 Å². The Kier molecular flexibility index (Phi) is 2.85. The van der Waals surface area contributed by atoms with Crippen molar-refractivity contribution < 1.29 is 23.1 Å². The third-order valence-corrected chi connectivity index (χ3v) is 2.99. The summed E-state index contributed by atoms with van der Waals surface area (Å²) in [5.41, 5.74) is -0.129. The van der Waals surface area contributed by atoms with E-state index in [9.17, 15) is 18.0 Å². The summed E-state index contributed by atoms with van der Waals surface area (Å²) in [6.45, 7) is 0.